The van der Waals surface area contributed by atoms with E-state index in [0.29, 0.717) is 11.5 Å². The summed E-state index contributed by atoms with van der Waals surface area (Å²) in [5.74, 6) is 0.253. The third kappa shape index (κ3) is 2.55. The van der Waals surface area contributed by atoms with Gasteiger partial charge in [0.2, 0.25) is 5.91 Å². The average molecular weight is 281 g/mol. The molecule has 2 aromatic heterocycles. The molecular formula is C15H15N5O. The lowest BCUT2D eigenvalue weighted by Gasteiger charge is -2.14. The van der Waals surface area contributed by atoms with Crippen molar-refractivity contribution >= 4 is 17.4 Å². The van der Waals surface area contributed by atoms with E-state index in [-0.39, 0.29) is 0 Å². The van der Waals surface area contributed by atoms with Gasteiger partial charge in [0, 0.05) is 17.7 Å². The number of rotatable bonds is 4. The number of hydrogen-bond acceptors (Lipinski definition) is 4. The molecule has 0 bridgehead atoms. The largest absolute Gasteiger partial charge is 0.368 e. The van der Waals surface area contributed by atoms with Crippen molar-refractivity contribution in [1.82, 2.24) is 14.6 Å². The Labute approximate surface area is 121 Å². The number of nitrogens with zero attached hydrogens (tertiary/aromatic N) is 3. The van der Waals surface area contributed by atoms with Crippen molar-refractivity contribution in [3.63, 3.8) is 0 Å². The predicted octanol–water partition coefficient (Wildman–Crippen LogP) is 1.68. The lowest BCUT2D eigenvalue weighted by atomic mass is 10.1. The van der Waals surface area contributed by atoms with Crippen LogP contribution in [0.25, 0.3) is 16.9 Å². The molecule has 0 saturated heterocycles. The van der Waals surface area contributed by atoms with Crippen molar-refractivity contribution in [1.29, 1.82) is 0 Å². The Kier molecular flexibility index (Phi) is 3.27. The molecule has 2 heterocycles. The van der Waals surface area contributed by atoms with Crippen LogP contribution in [0, 0.1) is 0 Å². The quantitative estimate of drug-likeness (QED) is 0.762. The molecule has 6 nitrogen and oxygen atoms in total. The van der Waals surface area contributed by atoms with Gasteiger partial charge in [0.15, 0.2) is 5.65 Å². The van der Waals surface area contributed by atoms with Gasteiger partial charge in [-0.2, -0.15) is 9.61 Å². The Bertz CT molecular complexity index is 781. The molecule has 0 aliphatic heterocycles. The zero-order valence-electron chi connectivity index (χ0n) is 11.5. The SMILES string of the molecule is C[C@H](Nc1cc(-c2ccccc2)nc2ccnn12)C(N)=O. The van der Waals surface area contributed by atoms with Crippen LogP contribution in [0.1, 0.15) is 6.92 Å². The second-order valence-corrected chi connectivity index (χ2v) is 4.76. The number of aromatic nitrogens is 3. The van der Waals surface area contributed by atoms with E-state index in [1.165, 1.54) is 0 Å². The summed E-state index contributed by atoms with van der Waals surface area (Å²) in [4.78, 5) is 15.8. The first-order valence-corrected chi connectivity index (χ1v) is 6.61. The standard InChI is InChI=1S/C15H15N5O/c1-10(15(16)21)18-14-9-12(11-5-3-2-4-6-11)19-13-7-8-17-20(13)14/h2-10,18H,1H3,(H2,16,21)/t10-/m0/s1. The highest BCUT2D eigenvalue weighted by atomic mass is 16.1. The van der Waals surface area contributed by atoms with Crippen molar-refractivity contribution in [3.8, 4) is 11.3 Å². The van der Waals surface area contributed by atoms with Crippen LogP contribution in [0.2, 0.25) is 0 Å². The van der Waals surface area contributed by atoms with E-state index in [9.17, 15) is 4.79 Å². The van der Waals surface area contributed by atoms with E-state index in [4.69, 9.17) is 5.73 Å². The van der Waals surface area contributed by atoms with Crippen molar-refractivity contribution in [2.45, 2.75) is 13.0 Å². The Balaban J connectivity index is 2.10. The lowest BCUT2D eigenvalue weighted by molar-refractivity contribution is -0.118. The number of anilines is 1. The maximum atomic E-state index is 11.2. The molecule has 0 aliphatic rings. The van der Waals surface area contributed by atoms with Gasteiger partial charge in [-0.15, -0.1) is 0 Å². The second-order valence-electron chi connectivity index (χ2n) is 4.76. The van der Waals surface area contributed by atoms with Crippen LogP contribution in [-0.4, -0.2) is 26.5 Å². The summed E-state index contributed by atoms with van der Waals surface area (Å²) >= 11 is 0. The first-order chi connectivity index (χ1) is 10.1. The van der Waals surface area contributed by atoms with Crippen LogP contribution >= 0.6 is 0 Å². The number of primary amides is 1. The summed E-state index contributed by atoms with van der Waals surface area (Å²) in [5.41, 5.74) is 7.81. The van der Waals surface area contributed by atoms with Gasteiger partial charge in [0.25, 0.3) is 0 Å². The number of carbonyl (C=O) groups excluding carboxylic acids is 1. The van der Waals surface area contributed by atoms with E-state index in [0.717, 1.165) is 11.3 Å². The van der Waals surface area contributed by atoms with Gasteiger partial charge in [-0.05, 0) is 6.92 Å². The molecule has 3 N–H and O–H groups in total. The number of benzene rings is 1. The minimum absolute atomic E-state index is 0.423. The van der Waals surface area contributed by atoms with Crippen molar-refractivity contribution in [3.05, 3.63) is 48.7 Å². The summed E-state index contributed by atoms with van der Waals surface area (Å²) < 4.78 is 1.64. The molecule has 0 saturated carbocycles. The molecule has 1 aromatic carbocycles. The van der Waals surface area contributed by atoms with Crippen molar-refractivity contribution in [2.24, 2.45) is 5.73 Å². The van der Waals surface area contributed by atoms with Gasteiger partial charge in [-0.1, -0.05) is 30.3 Å². The second kappa shape index (κ2) is 5.24. The predicted molar refractivity (Wildman–Crippen MR) is 80.7 cm³/mol. The van der Waals surface area contributed by atoms with Crippen LogP contribution in [0.3, 0.4) is 0 Å². The van der Waals surface area contributed by atoms with Gasteiger partial charge in [-0.25, -0.2) is 4.98 Å². The zero-order chi connectivity index (χ0) is 14.8. The summed E-state index contributed by atoms with van der Waals surface area (Å²) in [6.07, 6.45) is 1.66. The van der Waals surface area contributed by atoms with Crippen LogP contribution < -0.4 is 11.1 Å². The van der Waals surface area contributed by atoms with E-state index >= 15 is 0 Å². The molecule has 21 heavy (non-hydrogen) atoms. The summed E-state index contributed by atoms with van der Waals surface area (Å²) in [7, 11) is 0. The van der Waals surface area contributed by atoms with Gasteiger partial charge >= 0.3 is 0 Å². The summed E-state index contributed by atoms with van der Waals surface area (Å²) in [6, 6.07) is 13.0. The highest BCUT2D eigenvalue weighted by molar-refractivity contribution is 5.82. The fourth-order valence-corrected chi connectivity index (χ4v) is 2.07. The normalized spacial score (nSPS) is 12.2. The van der Waals surface area contributed by atoms with Crippen LogP contribution in [0.15, 0.2) is 48.7 Å². The zero-order valence-corrected chi connectivity index (χ0v) is 11.5. The molecule has 106 valence electrons. The molecule has 1 atom stereocenters. The van der Waals surface area contributed by atoms with Gasteiger partial charge in [0.05, 0.1) is 11.9 Å². The minimum Gasteiger partial charge on any atom is -0.368 e. The number of nitrogens with two attached hydrogens (primary N) is 1. The Morgan fingerprint density at radius 1 is 1.29 bits per heavy atom. The Hall–Kier alpha value is -2.89. The van der Waals surface area contributed by atoms with Crippen LogP contribution in [0.4, 0.5) is 5.82 Å². The molecule has 0 fully saturated rings. The van der Waals surface area contributed by atoms with Crippen LogP contribution in [-0.2, 0) is 4.79 Å². The van der Waals surface area contributed by atoms with Crippen molar-refractivity contribution < 1.29 is 4.79 Å². The Morgan fingerprint density at radius 2 is 2.05 bits per heavy atom. The molecule has 6 heteroatoms. The fraction of sp³-hybridized carbons (Fsp3) is 0.133. The molecule has 0 unspecified atom stereocenters. The maximum Gasteiger partial charge on any atom is 0.239 e. The molecule has 3 rings (SSSR count). The van der Waals surface area contributed by atoms with E-state index in [1.807, 2.05) is 42.5 Å². The van der Waals surface area contributed by atoms with Crippen molar-refractivity contribution in [2.75, 3.05) is 5.32 Å². The summed E-state index contributed by atoms with van der Waals surface area (Å²) in [6.45, 7) is 1.71. The molecule has 1 amide bonds. The van der Waals surface area contributed by atoms with E-state index in [1.54, 1.807) is 17.6 Å². The monoisotopic (exact) mass is 281 g/mol. The topological polar surface area (TPSA) is 85.3 Å². The molecular weight excluding hydrogens is 266 g/mol. The number of amides is 1. The fourth-order valence-electron chi connectivity index (χ4n) is 2.07. The first kappa shape index (κ1) is 13.1. The number of nitrogens with one attached hydrogen (secondary N) is 1. The molecule has 0 radical (unpaired) electrons. The average Bonchev–Trinajstić information content (AvgIpc) is 2.96. The minimum atomic E-state index is -0.497. The molecule has 0 spiro atoms. The molecule has 0 aliphatic carbocycles. The highest BCUT2D eigenvalue weighted by Gasteiger charge is 2.13. The Morgan fingerprint density at radius 3 is 2.76 bits per heavy atom. The first-order valence-electron chi connectivity index (χ1n) is 6.61. The molecule has 3 aromatic rings. The van der Waals surface area contributed by atoms with Gasteiger partial charge in [-0.3, -0.25) is 4.79 Å². The van der Waals surface area contributed by atoms with Gasteiger partial charge < -0.3 is 11.1 Å². The van der Waals surface area contributed by atoms with E-state index < -0.39 is 11.9 Å². The van der Waals surface area contributed by atoms with Gasteiger partial charge in [0.1, 0.15) is 11.9 Å². The number of carbonyl (C=O) groups is 1. The lowest BCUT2D eigenvalue weighted by Crippen LogP contribution is -2.33. The summed E-state index contributed by atoms with van der Waals surface area (Å²) in [5, 5.41) is 7.27. The third-order valence-corrected chi connectivity index (χ3v) is 3.22. The number of fused-ring (bicyclic) bond motifs is 1. The third-order valence-electron chi connectivity index (χ3n) is 3.22. The number of hydrogen-bond donors (Lipinski definition) is 2. The van der Waals surface area contributed by atoms with Crippen LogP contribution in [0.5, 0.6) is 0 Å². The highest BCUT2D eigenvalue weighted by Crippen LogP contribution is 2.22. The smallest absolute Gasteiger partial charge is 0.239 e. The van der Waals surface area contributed by atoms with E-state index in [2.05, 4.69) is 15.4 Å². The maximum absolute atomic E-state index is 11.2.